The third kappa shape index (κ3) is 3.74. The van der Waals surface area contributed by atoms with E-state index < -0.39 is 0 Å². The van der Waals surface area contributed by atoms with E-state index in [1.165, 1.54) is 11.8 Å². The maximum Gasteiger partial charge on any atom is 0.247 e. The molecule has 28 heavy (non-hydrogen) atoms. The summed E-state index contributed by atoms with van der Waals surface area (Å²) in [5.41, 5.74) is 1.83. The Bertz CT molecular complexity index is 1050. The minimum absolute atomic E-state index is 0.479. The standard InChI is InChI=1S/C19H18N6O2S/c1-3-25-17(13-8-10-20-11-9-13)22-24-19(25)28-12-16-21-23-18(27-16)14-4-6-15(26-2)7-5-14/h4-11H,3,12H2,1-2H3. The van der Waals surface area contributed by atoms with Gasteiger partial charge in [-0.2, -0.15) is 0 Å². The van der Waals surface area contributed by atoms with E-state index in [1.54, 1.807) is 19.5 Å². The van der Waals surface area contributed by atoms with Crippen LogP contribution in [0.2, 0.25) is 0 Å². The molecule has 0 spiro atoms. The molecule has 0 radical (unpaired) electrons. The highest BCUT2D eigenvalue weighted by atomic mass is 32.2. The predicted molar refractivity (Wildman–Crippen MR) is 105 cm³/mol. The first kappa shape index (κ1) is 18.2. The fraction of sp³-hybridized carbons (Fsp3) is 0.211. The summed E-state index contributed by atoms with van der Waals surface area (Å²) in [6, 6.07) is 11.3. The summed E-state index contributed by atoms with van der Waals surface area (Å²) in [5, 5.41) is 17.7. The van der Waals surface area contributed by atoms with Crippen LogP contribution in [-0.2, 0) is 12.3 Å². The Labute approximate surface area is 166 Å². The average Bonchev–Trinajstić information content (AvgIpc) is 3.39. The summed E-state index contributed by atoms with van der Waals surface area (Å²) in [6.45, 7) is 2.82. The lowest BCUT2D eigenvalue weighted by Gasteiger charge is -2.06. The van der Waals surface area contributed by atoms with Gasteiger partial charge in [-0.1, -0.05) is 11.8 Å². The van der Waals surface area contributed by atoms with Crippen LogP contribution in [0, 0.1) is 0 Å². The van der Waals surface area contributed by atoms with E-state index in [-0.39, 0.29) is 0 Å². The topological polar surface area (TPSA) is 91.8 Å². The predicted octanol–water partition coefficient (Wildman–Crippen LogP) is 3.71. The molecule has 0 bridgehead atoms. The molecule has 3 aromatic heterocycles. The molecule has 8 nitrogen and oxygen atoms in total. The molecule has 0 amide bonds. The molecule has 0 aliphatic carbocycles. The Balaban J connectivity index is 1.48. The van der Waals surface area contributed by atoms with Crippen LogP contribution >= 0.6 is 11.8 Å². The second-order valence-corrected chi connectivity index (χ2v) is 6.75. The Kier molecular flexibility index (Phi) is 5.34. The number of nitrogens with zero attached hydrogens (tertiary/aromatic N) is 6. The van der Waals surface area contributed by atoms with E-state index in [2.05, 4.69) is 36.9 Å². The zero-order valence-corrected chi connectivity index (χ0v) is 16.3. The molecule has 1 aromatic carbocycles. The molecule has 9 heteroatoms. The molecule has 0 N–H and O–H groups in total. The highest BCUT2D eigenvalue weighted by molar-refractivity contribution is 7.98. The molecular formula is C19H18N6O2S. The third-order valence-corrected chi connectivity index (χ3v) is 5.05. The first-order valence-electron chi connectivity index (χ1n) is 8.71. The van der Waals surface area contributed by atoms with Gasteiger partial charge in [-0.3, -0.25) is 4.98 Å². The summed E-state index contributed by atoms with van der Waals surface area (Å²) in [7, 11) is 1.63. The van der Waals surface area contributed by atoms with Crippen molar-refractivity contribution in [3.63, 3.8) is 0 Å². The molecule has 0 unspecified atom stereocenters. The molecule has 4 rings (SSSR count). The van der Waals surface area contributed by atoms with Gasteiger partial charge in [-0.25, -0.2) is 0 Å². The zero-order valence-electron chi connectivity index (χ0n) is 15.4. The molecule has 0 atom stereocenters. The Morgan fingerprint density at radius 1 is 0.964 bits per heavy atom. The van der Waals surface area contributed by atoms with Gasteiger partial charge >= 0.3 is 0 Å². The number of thioether (sulfide) groups is 1. The van der Waals surface area contributed by atoms with Crippen molar-refractivity contribution < 1.29 is 9.15 Å². The molecule has 0 saturated carbocycles. The summed E-state index contributed by atoms with van der Waals surface area (Å²) in [6.07, 6.45) is 3.49. The van der Waals surface area contributed by atoms with Crippen molar-refractivity contribution >= 4 is 11.8 Å². The minimum atomic E-state index is 0.479. The lowest BCUT2D eigenvalue weighted by Crippen LogP contribution is -2.00. The fourth-order valence-corrected chi connectivity index (χ4v) is 3.52. The molecule has 0 fully saturated rings. The summed E-state index contributed by atoms with van der Waals surface area (Å²) < 4.78 is 13.0. The summed E-state index contributed by atoms with van der Waals surface area (Å²) in [4.78, 5) is 4.05. The largest absolute Gasteiger partial charge is 0.497 e. The van der Waals surface area contributed by atoms with Crippen LogP contribution in [0.1, 0.15) is 12.8 Å². The highest BCUT2D eigenvalue weighted by Gasteiger charge is 2.15. The van der Waals surface area contributed by atoms with Gasteiger partial charge < -0.3 is 13.7 Å². The molecular weight excluding hydrogens is 376 g/mol. The monoisotopic (exact) mass is 394 g/mol. The minimum Gasteiger partial charge on any atom is -0.497 e. The number of ether oxygens (including phenoxy) is 1. The van der Waals surface area contributed by atoms with E-state index in [9.17, 15) is 0 Å². The zero-order chi connectivity index (χ0) is 19.3. The van der Waals surface area contributed by atoms with E-state index in [1.807, 2.05) is 36.4 Å². The van der Waals surface area contributed by atoms with E-state index in [0.717, 1.165) is 34.4 Å². The van der Waals surface area contributed by atoms with Gasteiger partial charge in [-0.05, 0) is 43.3 Å². The number of benzene rings is 1. The Morgan fingerprint density at radius 3 is 2.46 bits per heavy atom. The first-order valence-corrected chi connectivity index (χ1v) is 9.70. The second kappa shape index (κ2) is 8.22. The lowest BCUT2D eigenvalue weighted by molar-refractivity contribution is 0.415. The van der Waals surface area contributed by atoms with Crippen molar-refractivity contribution in [1.29, 1.82) is 0 Å². The van der Waals surface area contributed by atoms with Crippen LogP contribution in [-0.4, -0.2) is 37.1 Å². The van der Waals surface area contributed by atoms with Crippen molar-refractivity contribution in [2.75, 3.05) is 7.11 Å². The summed E-state index contributed by atoms with van der Waals surface area (Å²) >= 11 is 1.51. The van der Waals surface area contributed by atoms with Crippen LogP contribution in [0.25, 0.3) is 22.8 Å². The SMILES string of the molecule is CCn1c(SCc2nnc(-c3ccc(OC)cc3)o2)nnc1-c1ccncc1. The van der Waals surface area contributed by atoms with Crippen LogP contribution in [0.4, 0.5) is 0 Å². The Morgan fingerprint density at radius 2 is 1.75 bits per heavy atom. The maximum absolute atomic E-state index is 5.78. The molecule has 4 aromatic rings. The van der Waals surface area contributed by atoms with Crippen LogP contribution in [0.15, 0.2) is 58.4 Å². The number of hydrogen-bond donors (Lipinski definition) is 0. The quantitative estimate of drug-likeness (QED) is 0.438. The molecule has 0 saturated heterocycles. The second-order valence-electron chi connectivity index (χ2n) is 5.80. The maximum atomic E-state index is 5.78. The van der Waals surface area contributed by atoms with Gasteiger partial charge in [0.25, 0.3) is 0 Å². The third-order valence-electron chi connectivity index (χ3n) is 4.10. The molecule has 3 heterocycles. The van der Waals surface area contributed by atoms with E-state index in [0.29, 0.717) is 17.5 Å². The van der Waals surface area contributed by atoms with Crippen LogP contribution < -0.4 is 4.74 Å². The molecule has 0 aliphatic rings. The van der Waals surface area contributed by atoms with Crippen molar-refractivity contribution in [2.45, 2.75) is 24.4 Å². The van der Waals surface area contributed by atoms with Gasteiger partial charge in [-0.15, -0.1) is 20.4 Å². The molecule has 142 valence electrons. The van der Waals surface area contributed by atoms with E-state index >= 15 is 0 Å². The van der Waals surface area contributed by atoms with Gasteiger partial charge in [0.1, 0.15) is 5.75 Å². The summed E-state index contributed by atoms with van der Waals surface area (Å²) in [5.74, 6) is 3.12. The smallest absolute Gasteiger partial charge is 0.247 e. The van der Waals surface area contributed by atoms with Crippen molar-refractivity contribution in [3.8, 4) is 28.6 Å². The van der Waals surface area contributed by atoms with Crippen LogP contribution in [0.3, 0.4) is 0 Å². The highest BCUT2D eigenvalue weighted by Crippen LogP contribution is 2.27. The van der Waals surface area contributed by atoms with Crippen molar-refractivity contribution in [2.24, 2.45) is 0 Å². The van der Waals surface area contributed by atoms with Crippen LogP contribution in [0.5, 0.6) is 5.75 Å². The van der Waals surface area contributed by atoms with Gasteiger partial charge in [0.15, 0.2) is 11.0 Å². The molecule has 0 aliphatic heterocycles. The van der Waals surface area contributed by atoms with Crippen molar-refractivity contribution in [1.82, 2.24) is 29.9 Å². The number of aromatic nitrogens is 6. The van der Waals surface area contributed by atoms with Crippen molar-refractivity contribution in [3.05, 3.63) is 54.7 Å². The number of pyridine rings is 1. The first-order chi connectivity index (χ1) is 13.8. The lowest BCUT2D eigenvalue weighted by atomic mass is 10.2. The van der Waals surface area contributed by atoms with E-state index in [4.69, 9.17) is 9.15 Å². The number of rotatable bonds is 7. The van der Waals surface area contributed by atoms with Gasteiger partial charge in [0.2, 0.25) is 11.8 Å². The fourth-order valence-electron chi connectivity index (χ4n) is 2.68. The van der Waals surface area contributed by atoms with Gasteiger partial charge in [0.05, 0.1) is 12.9 Å². The number of hydrogen-bond acceptors (Lipinski definition) is 8. The normalized spacial score (nSPS) is 10.9. The van der Waals surface area contributed by atoms with Gasteiger partial charge in [0, 0.05) is 30.1 Å². The Hall–Kier alpha value is -3.20. The number of methoxy groups -OCH3 is 1. The average molecular weight is 394 g/mol.